The van der Waals surface area contributed by atoms with E-state index in [2.05, 4.69) is 48.1 Å². The van der Waals surface area contributed by atoms with E-state index in [0.29, 0.717) is 6.04 Å². The normalized spacial score (nSPS) is 23.1. The van der Waals surface area contributed by atoms with E-state index in [4.69, 9.17) is 0 Å². The lowest BCUT2D eigenvalue weighted by molar-refractivity contribution is 0.502. The summed E-state index contributed by atoms with van der Waals surface area (Å²) in [5.41, 5.74) is 1.17. The molecule has 2 atom stereocenters. The van der Waals surface area contributed by atoms with Gasteiger partial charge in [0.1, 0.15) is 5.82 Å². The number of nitrogens with one attached hydrogen (secondary N) is 1. The highest BCUT2D eigenvalue weighted by atomic mass is 15.2. The smallest absolute Gasteiger partial charge is 0.128 e. The molecule has 20 heavy (non-hydrogen) atoms. The number of aromatic nitrogens is 1. The van der Waals surface area contributed by atoms with Crippen molar-refractivity contribution in [3.63, 3.8) is 0 Å². The first kappa shape index (κ1) is 15.1. The second kappa shape index (κ2) is 7.51. The number of pyridine rings is 1. The van der Waals surface area contributed by atoms with Gasteiger partial charge < -0.3 is 10.2 Å². The third-order valence-electron chi connectivity index (χ3n) is 4.46. The SMILES string of the molecule is CCN(CC)c1ccc(NC2CCCC(C)CC2)cn1. The minimum absolute atomic E-state index is 0.626. The highest BCUT2D eigenvalue weighted by Gasteiger charge is 2.16. The van der Waals surface area contributed by atoms with E-state index in [1.807, 2.05) is 6.20 Å². The van der Waals surface area contributed by atoms with Crippen LogP contribution in [0.1, 0.15) is 52.9 Å². The van der Waals surface area contributed by atoms with Crippen molar-refractivity contribution < 1.29 is 0 Å². The molecule has 1 heterocycles. The lowest BCUT2D eigenvalue weighted by Crippen LogP contribution is -2.23. The van der Waals surface area contributed by atoms with Crippen molar-refractivity contribution in [2.24, 2.45) is 5.92 Å². The molecule has 1 N–H and O–H groups in total. The maximum Gasteiger partial charge on any atom is 0.128 e. The number of nitrogens with zero attached hydrogens (tertiary/aromatic N) is 2. The molecule has 2 rings (SSSR count). The zero-order valence-electron chi connectivity index (χ0n) is 13.2. The number of hydrogen-bond acceptors (Lipinski definition) is 3. The van der Waals surface area contributed by atoms with Gasteiger partial charge in [0.25, 0.3) is 0 Å². The lowest BCUT2D eigenvalue weighted by Gasteiger charge is -2.21. The zero-order valence-corrected chi connectivity index (χ0v) is 13.2. The average molecular weight is 275 g/mol. The molecule has 0 aromatic carbocycles. The molecular formula is C17H29N3. The molecule has 1 fully saturated rings. The maximum absolute atomic E-state index is 4.59. The Hall–Kier alpha value is -1.25. The van der Waals surface area contributed by atoms with Crippen LogP contribution in [0.2, 0.25) is 0 Å². The molecule has 0 aliphatic heterocycles. The molecule has 0 saturated heterocycles. The fourth-order valence-corrected chi connectivity index (χ4v) is 3.07. The van der Waals surface area contributed by atoms with Gasteiger partial charge in [-0.1, -0.05) is 19.8 Å². The van der Waals surface area contributed by atoms with Gasteiger partial charge in [-0.25, -0.2) is 4.98 Å². The van der Waals surface area contributed by atoms with Crippen molar-refractivity contribution >= 4 is 11.5 Å². The van der Waals surface area contributed by atoms with Crippen molar-refractivity contribution in [2.45, 2.75) is 58.9 Å². The molecule has 3 heteroatoms. The molecule has 1 aliphatic carbocycles. The largest absolute Gasteiger partial charge is 0.381 e. The van der Waals surface area contributed by atoms with Crippen LogP contribution in [-0.4, -0.2) is 24.1 Å². The third-order valence-corrected chi connectivity index (χ3v) is 4.46. The Morgan fingerprint density at radius 3 is 2.60 bits per heavy atom. The van der Waals surface area contributed by atoms with Crippen molar-refractivity contribution in [1.29, 1.82) is 0 Å². The first-order valence-electron chi connectivity index (χ1n) is 8.20. The summed E-state index contributed by atoms with van der Waals surface area (Å²) in [5, 5.41) is 3.66. The first-order chi connectivity index (χ1) is 9.72. The molecule has 112 valence electrons. The molecule has 0 bridgehead atoms. The molecule has 3 nitrogen and oxygen atoms in total. The number of rotatable bonds is 5. The Kier molecular flexibility index (Phi) is 5.69. The van der Waals surface area contributed by atoms with Gasteiger partial charge in [-0.2, -0.15) is 0 Å². The van der Waals surface area contributed by atoms with E-state index < -0.39 is 0 Å². The van der Waals surface area contributed by atoms with Crippen LogP contribution in [-0.2, 0) is 0 Å². The van der Waals surface area contributed by atoms with Crippen LogP contribution < -0.4 is 10.2 Å². The minimum atomic E-state index is 0.626. The summed E-state index contributed by atoms with van der Waals surface area (Å²) in [5.74, 6) is 1.97. The van der Waals surface area contributed by atoms with Crippen LogP contribution in [0.3, 0.4) is 0 Å². The summed E-state index contributed by atoms with van der Waals surface area (Å²) in [6, 6.07) is 4.94. The fourth-order valence-electron chi connectivity index (χ4n) is 3.07. The Balaban J connectivity index is 1.93. The van der Waals surface area contributed by atoms with Crippen LogP contribution in [0.15, 0.2) is 18.3 Å². The van der Waals surface area contributed by atoms with Crippen LogP contribution in [0.5, 0.6) is 0 Å². The summed E-state index contributed by atoms with van der Waals surface area (Å²) in [7, 11) is 0. The Labute approximate surface area is 123 Å². The molecule has 1 saturated carbocycles. The van der Waals surface area contributed by atoms with E-state index >= 15 is 0 Å². The van der Waals surface area contributed by atoms with Gasteiger partial charge in [0.15, 0.2) is 0 Å². The minimum Gasteiger partial charge on any atom is -0.381 e. The van der Waals surface area contributed by atoms with Gasteiger partial charge in [-0.05, 0) is 51.2 Å². The average Bonchev–Trinajstić information content (AvgIpc) is 2.67. The maximum atomic E-state index is 4.59. The van der Waals surface area contributed by atoms with Crippen LogP contribution in [0.4, 0.5) is 11.5 Å². The zero-order chi connectivity index (χ0) is 14.4. The highest BCUT2D eigenvalue weighted by molar-refractivity contribution is 5.49. The quantitative estimate of drug-likeness (QED) is 0.812. The second-order valence-electron chi connectivity index (χ2n) is 6.03. The summed E-state index contributed by atoms with van der Waals surface area (Å²) in [6.45, 7) is 8.74. The van der Waals surface area contributed by atoms with E-state index in [-0.39, 0.29) is 0 Å². The second-order valence-corrected chi connectivity index (χ2v) is 6.03. The summed E-state index contributed by atoms with van der Waals surface area (Å²) in [4.78, 5) is 6.86. The van der Waals surface area contributed by atoms with Crippen LogP contribution in [0, 0.1) is 5.92 Å². The van der Waals surface area contributed by atoms with Crippen molar-refractivity contribution in [3.05, 3.63) is 18.3 Å². The summed E-state index contributed by atoms with van der Waals surface area (Å²) < 4.78 is 0. The lowest BCUT2D eigenvalue weighted by atomic mass is 10.0. The Morgan fingerprint density at radius 2 is 1.95 bits per heavy atom. The summed E-state index contributed by atoms with van der Waals surface area (Å²) >= 11 is 0. The Morgan fingerprint density at radius 1 is 1.15 bits per heavy atom. The summed E-state index contributed by atoms with van der Waals surface area (Å²) in [6.07, 6.45) is 8.66. The van der Waals surface area contributed by atoms with Gasteiger partial charge >= 0.3 is 0 Å². The van der Waals surface area contributed by atoms with Gasteiger partial charge in [-0.3, -0.25) is 0 Å². The van der Waals surface area contributed by atoms with E-state index in [0.717, 1.165) is 24.8 Å². The van der Waals surface area contributed by atoms with Gasteiger partial charge in [0.2, 0.25) is 0 Å². The molecule has 0 radical (unpaired) electrons. The van der Waals surface area contributed by atoms with E-state index in [1.54, 1.807) is 0 Å². The third kappa shape index (κ3) is 4.12. The molecule has 1 aromatic heterocycles. The molecule has 1 aliphatic rings. The van der Waals surface area contributed by atoms with Crippen LogP contribution >= 0.6 is 0 Å². The molecular weight excluding hydrogens is 246 g/mol. The van der Waals surface area contributed by atoms with E-state index in [1.165, 1.54) is 37.8 Å². The van der Waals surface area contributed by atoms with Crippen molar-refractivity contribution in [1.82, 2.24) is 4.98 Å². The van der Waals surface area contributed by atoms with Crippen LogP contribution in [0.25, 0.3) is 0 Å². The number of hydrogen-bond donors (Lipinski definition) is 1. The van der Waals surface area contributed by atoms with Crippen molar-refractivity contribution in [2.75, 3.05) is 23.3 Å². The molecule has 0 spiro atoms. The molecule has 2 unspecified atom stereocenters. The predicted molar refractivity (Wildman–Crippen MR) is 87.5 cm³/mol. The fraction of sp³-hybridized carbons (Fsp3) is 0.706. The van der Waals surface area contributed by atoms with Gasteiger partial charge in [0, 0.05) is 19.1 Å². The Bertz CT molecular complexity index is 384. The topological polar surface area (TPSA) is 28.2 Å². The molecule has 0 amide bonds. The number of anilines is 2. The van der Waals surface area contributed by atoms with Crippen molar-refractivity contribution in [3.8, 4) is 0 Å². The predicted octanol–water partition coefficient (Wildman–Crippen LogP) is 4.31. The standard InChI is InChI=1S/C17H29N3/c1-4-20(5-2)17-12-11-16(13-18-17)19-15-8-6-7-14(3)9-10-15/h11-15,19H,4-10H2,1-3H3. The monoisotopic (exact) mass is 275 g/mol. The highest BCUT2D eigenvalue weighted by Crippen LogP contribution is 2.25. The first-order valence-corrected chi connectivity index (χ1v) is 8.20. The van der Waals surface area contributed by atoms with Gasteiger partial charge in [0.05, 0.1) is 11.9 Å². The van der Waals surface area contributed by atoms with Gasteiger partial charge in [-0.15, -0.1) is 0 Å². The van der Waals surface area contributed by atoms with E-state index in [9.17, 15) is 0 Å². The molecule has 1 aromatic rings.